The van der Waals surface area contributed by atoms with E-state index >= 15 is 0 Å². The number of ether oxygens (including phenoxy) is 4. The second kappa shape index (κ2) is 72.3. The summed E-state index contributed by atoms with van der Waals surface area (Å²) < 4.78 is 68.8. The van der Waals surface area contributed by atoms with Gasteiger partial charge in [-0.15, -0.1) is 0 Å². The van der Waals surface area contributed by atoms with Crippen LogP contribution in [0.4, 0.5) is 0 Å². The quantitative estimate of drug-likeness (QED) is 0.0222. The minimum Gasteiger partial charge on any atom is -0.462 e. The monoisotopic (exact) mass is 1480 g/mol. The molecular weight excluding hydrogens is 1320 g/mol. The van der Waals surface area contributed by atoms with Crippen LogP contribution in [0.15, 0.2) is 0 Å². The third-order valence-electron chi connectivity index (χ3n) is 19.9. The zero-order valence-electron chi connectivity index (χ0n) is 66.4. The van der Waals surface area contributed by atoms with Crippen LogP contribution in [0.25, 0.3) is 0 Å². The van der Waals surface area contributed by atoms with Crippen LogP contribution >= 0.6 is 15.6 Å². The fourth-order valence-corrected chi connectivity index (χ4v) is 14.2. The molecule has 0 aromatic rings. The number of esters is 4. The zero-order valence-corrected chi connectivity index (χ0v) is 68.2. The first-order valence-corrected chi connectivity index (χ1v) is 45.4. The highest BCUT2D eigenvalue weighted by Gasteiger charge is 2.30. The van der Waals surface area contributed by atoms with Gasteiger partial charge in [-0.2, -0.15) is 0 Å². The van der Waals surface area contributed by atoms with Gasteiger partial charge >= 0.3 is 39.5 Å². The summed E-state index contributed by atoms with van der Waals surface area (Å²) in [5.41, 5.74) is 0. The van der Waals surface area contributed by atoms with E-state index in [1.54, 1.807) is 0 Å². The second-order valence-corrected chi connectivity index (χ2v) is 33.4. The van der Waals surface area contributed by atoms with Crippen LogP contribution in [0.5, 0.6) is 0 Å². The fraction of sp³-hybridized carbons (Fsp3) is 0.951. The predicted octanol–water partition coefficient (Wildman–Crippen LogP) is 24.5. The molecule has 19 heteroatoms. The minimum atomic E-state index is -4.96. The number of phosphoric acid groups is 2. The summed E-state index contributed by atoms with van der Waals surface area (Å²) in [7, 11) is -9.92. The van der Waals surface area contributed by atoms with Crippen LogP contribution in [0, 0.1) is 17.8 Å². The molecule has 0 saturated carbocycles. The molecule has 17 nitrogen and oxygen atoms in total. The Bertz CT molecular complexity index is 1960. The van der Waals surface area contributed by atoms with Gasteiger partial charge in [0.25, 0.3) is 0 Å². The van der Waals surface area contributed by atoms with Gasteiger partial charge in [0, 0.05) is 25.7 Å². The van der Waals surface area contributed by atoms with Gasteiger partial charge in [0.2, 0.25) is 0 Å². The summed E-state index contributed by atoms with van der Waals surface area (Å²) in [6, 6.07) is 0. The van der Waals surface area contributed by atoms with Crippen LogP contribution in [0.1, 0.15) is 427 Å². The van der Waals surface area contributed by atoms with Crippen molar-refractivity contribution in [3.63, 3.8) is 0 Å². The van der Waals surface area contributed by atoms with Crippen LogP contribution in [0.2, 0.25) is 0 Å². The maximum atomic E-state index is 13.1. The lowest BCUT2D eigenvalue weighted by Crippen LogP contribution is -2.30. The Labute approximate surface area is 619 Å². The summed E-state index contributed by atoms with van der Waals surface area (Å²) in [5, 5.41) is 10.6. The largest absolute Gasteiger partial charge is 0.472 e. The van der Waals surface area contributed by atoms with E-state index in [1.807, 2.05) is 0 Å². The Morgan fingerprint density at radius 2 is 0.505 bits per heavy atom. The van der Waals surface area contributed by atoms with Crippen molar-refractivity contribution in [2.75, 3.05) is 39.6 Å². The summed E-state index contributed by atoms with van der Waals surface area (Å²) in [4.78, 5) is 73.1. The maximum Gasteiger partial charge on any atom is 0.472 e. The van der Waals surface area contributed by atoms with Crippen molar-refractivity contribution in [2.45, 2.75) is 446 Å². The van der Waals surface area contributed by atoms with E-state index in [2.05, 4.69) is 48.5 Å². The molecule has 600 valence electrons. The molecule has 0 aromatic heterocycles. The average Bonchev–Trinajstić information content (AvgIpc) is 0.935. The van der Waals surface area contributed by atoms with Crippen LogP contribution in [-0.4, -0.2) is 96.7 Å². The van der Waals surface area contributed by atoms with Crippen molar-refractivity contribution in [1.82, 2.24) is 0 Å². The van der Waals surface area contributed by atoms with E-state index in [4.69, 9.17) is 37.0 Å². The number of carbonyl (C=O) groups is 4. The van der Waals surface area contributed by atoms with E-state index in [-0.39, 0.29) is 25.7 Å². The zero-order chi connectivity index (χ0) is 74.4. The molecule has 3 N–H and O–H groups in total. The van der Waals surface area contributed by atoms with Crippen molar-refractivity contribution in [1.29, 1.82) is 0 Å². The van der Waals surface area contributed by atoms with Gasteiger partial charge < -0.3 is 33.8 Å². The van der Waals surface area contributed by atoms with Crippen molar-refractivity contribution in [3.05, 3.63) is 0 Å². The Kier molecular flexibility index (Phi) is 70.9. The number of hydrogen-bond donors (Lipinski definition) is 3. The Morgan fingerprint density at radius 3 is 0.752 bits per heavy atom. The van der Waals surface area contributed by atoms with E-state index in [0.717, 1.165) is 108 Å². The molecule has 7 atom stereocenters. The first-order valence-electron chi connectivity index (χ1n) is 42.4. The first kappa shape index (κ1) is 99.1. The number of aliphatic hydroxyl groups excluding tert-OH is 1. The van der Waals surface area contributed by atoms with Crippen LogP contribution < -0.4 is 0 Å². The van der Waals surface area contributed by atoms with Gasteiger partial charge in [-0.3, -0.25) is 37.3 Å². The Balaban J connectivity index is 5.25. The molecule has 0 saturated heterocycles. The molecule has 0 rings (SSSR count). The highest BCUT2D eigenvalue weighted by Crippen LogP contribution is 2.45. The molecule has 0 fully saturated rings. The van der Waals surface area contributed by atoms with Gasteiger partial charge in [0.1, 0.15) is 19.3 Å². The molecule has 101 heavy (non-hydrogen) atoms. The molecule has 0 bridgehead atoms. The molecular formula is C82H160O17P2. The third kappa shape index (κ3) is 73.4. The Morgan fingerprint density at radius 1 is 0.287 bits per heavy atom. The lowest BCUT2D eigenvalue weighted by atomic mass is 9.99. The standard InChI is InChI=1S/C82H160O17P2/c1-8-11-12-13-14-15-16-29-34-42-49-56-63-79(84)93-70-78(99-82(87)66-59-52-45-38-37-41-48-55-62-75(7)10-3)72-97-101(90,91)95-68-76(83)67-94-100(88,89)96-71-77(69-92-80(85)64-57-50-43-35-30-25-22-21-24-28-33-40-47-54-61-74(6)9-2)98-81(86)65-58-51-44-36-31-26-20-18-17-19-23-27-32-39-46-53-60-73(4)5/h73-78,83H,8-72H2,1-7H3,(H,88,89)(H,90,91)/t74?,75?,76-,77-,78-/m1/s1. The molecule has 0 aliphatic heterocycles. The SMILES string of the molecule is CCCCCCCCCCCCCCC(=O)OC[C@H](COP(=O)(O)OC[C@H](O)COP(=O)(O)OC[C@@H](COC(=O)CCCCCCCCCCCCCCCCC(C)CC)OC(=O)CCCCCCCCCCCCCCCCCCC(C)C)OC(=O)CCCCCCCCCCC(C)CC. The smallest absolute Gasteiger partial charge is 0.462 e. The van der Waals surface area contributed by atoms with Gasteiger partial charge in [-0.1, -0.05) is 376 Å². The van der Waals surface area contributed by atoms with Gasteiger partial charge in [-0.25, -0.2) is 9.13 Å². The lowest BCUT2D eigenvalue weighted by Gasteiger charge is -2.21. The number of phosphoric ester groups is 2. The third-order valence-corrected chi connectivity index (χ3v) is 21.8. The molecule has 0 amide bonds. The number of unbranched alkanes of at least 4 members (excludes halogenated alkanes) is 46. The normalized spacial score (nSPS) is 14.5. The van der Waals surface area contributed by atoms with Crippen molar-refractivity contribution >= 4 is 39.5 Å². The molecule has 0 spiro atoms. The Hall–Kier alpha value is -1.94. The number of rotatable bonds is 80. The van der Waals surface area contributed by atoms with E-state index in [9.17, 15) is 43.2 Å². The highest BCUT2D eigenvalue weighted by molar-refractivity contribution is 7.47. The molecule has 0 aliphatic rings. The van der Waals surface area contributed by atoms with Crippen molar-refractivity contribution in [2.24, 2.45) is 17.8 Å². The average molecular weight is 1480 g/mol. The predicted molar refractivity (Wildman–Crippen MR) is 414 cm³/mol. The van der Waals surface area contributed by atoms with Crippen molar-refractivity contribution in [3.8, 4) is 0 Å². The molecule has 4 unspecified atom stereocenters. The van der Waals surface area contributed by atoms with Gasteiger partial charge in [0.15, 0.2) is 12.2 Å². The summed E-state index contributed by atoms with van der Waals surface area (Å²) in [6.45, 7) is 12.0. The minimum absolute atomic E-state index is 0.105. The topological polar surface area (TPSA) is 237 Å². The summed E-state index contributed by atoms with van der Waals surface area (Å²) in [6.07, 6.45) is 60.9. The van der Waals surface area contributed by atoms with Crippen LogP contribution in [-0.2, 0) is 65.4 Å². The van der Waals surface area contributed by atoms with Crippen molar-refractivity contribution < 1.29 is 80.2 Å². The van der Waals surface area contributed by atoms with E-state index < -0.39 is 97.5 Å². The lowest BCUT2D eigenvalue weighted by molar-refractivity contribution is -0.161. The summed E-state index contributed by atoms with van der Waals surface area (Å²) >= 11 is 0. The number of aliphatic hydroxyl groups is 1. The van der Waals surface area contributed by atoms with Gasteiger partial charge in [0.05, 0.1) is 26.4 Å². The van der Waals surface area contributed by atoms with E-state index in [0.29, 0.717) is 25.7 Å². The molecule has 0 aromatic carbocycles. The van der Waals surface area contributed by atoms with E-state index in [1.165, 1.54) is 238 Å². The summed E-state index contributed by atoms with van der Waals surface area (Å²) in [5.74, 6) is 0.319. The molecule has 0 radical (unpaired) electrons. The molecule has 0 heterocycles. The number of hydrogen-bond acceptors (Lipinski definition) is 15. The fourth-order valence-electron chi connectivity index (χ4n) is 12.6. The van der Waals surface area contributed by atoms with Gasteiger partial charge in [-0.05, 0) is 43.4 Å². The number of carbonyl (C=O) groups excluding carboxylic acids is 4. The maximum absolute atomic E-state index is 13.1. The molecule has 0 aliphatic carbocycles. The highest BCUT2D eigenvalue weighted by atomic mass is 31.2. The second-order valence-electron chi connectivity index (χ2n) is 30.5. The first-order chi connectivity index (χ1) is 48.8. The van der Waals surface area contributed by atoms with Crippen LogP contribution in [0.3, 0.4) is 0 Å².